The van der Waals surface area contributed by atoms with Crippen molar-refractivity contribution in [3.8, 4) is 11.1 Å². The monoisotopic (exact) mass is 368 g/mol. The second-order valence-electron chi connectivity index (χ2n) is 3.86. The van der Waals surface area contributed by atoms with Crippen LogP contribution in [0.5, 0.6) is 0 Å². The van der Waals surface area contributed by atoms with Crippen LogP contribution in [-0.4, -0.2) is 11.1 Å². The maximum atomic E-state index is 11.3. The van der Waals surface area contributed by atoms with Crippen molar-refractivity contribution in [3.05, 3.63) is 54.9 Å². The summed E-state index contributed by atoms with van der Waals surface area (Å²) in [5.41, 5.74) is 0.701. The molecular formula is C13H5Cl5O2. The summed E-state index contributed by atoms with van der Waals surface area (Å²) in [5.74, 6) is -1.15. The molecule has 0 unspecified atom stereocenters. The average molecular weight is 370 g/mol. The van der Waals surface area contributed by atoms with E-state index in [1.165, 1.54) is 24.3 Å². The lowest BCUT2D eigenvalue weighted by atomic mass is 9.99. The normalized spacial score (nSPS) is 10.7. The zero-order valence-electron chi connectivity index (χ0n) is 9.55. The predicted octanol–water partition coefficient (Wildman–Crippen LogP) is 6.32. The lowest BCUT2D eigenvalue weighted by Gasteiger charge is -2.11. The Hall–Kier alpha value is -0.640. The summed E-state index contributed by atoms with van der Waals surface area (Å²) in [6.45, 7) is 0. The minimum absolute atomic E-state index is 0.0281. The first kappa shape index (κ1) is 15.7. The highest BCUT2D eigenvalue weighted by Gasteiger charge is 2.18. The van der Waals surface area contributed by atoms with Gasteiger partial charge in [0.25, 0.3) is 0 Å². The minimum atomic E-state index is -1.15. The van der Waals surface area contributed by atoms with Crippen LogP contribution in [-0.2, 0) is 0 Å². The van der Waals surface area contributed by atoms with Crippen LogP contribution in [0.25, 0.3) is 11.1 Å². The van der Waals surface area contributed by atoms with Gasteiger partial charge >= 0.3 is 5.97 Å². The van der Waals surface area contributed by atoms with Crippen LogP contribution >= 0.6 is 58.0 Å². The second-order valence-corrected chi connectivity index (χ2v) is 5.90. The molecule has 2 rings (SSSR count). The molecule has 0 aliphatic carbocycles. The maximum absolute atomic E-state index is 11.3. The summed E-state index contributed by atoms with van der Waals surface area (Å²) < 4.78 is 0. The molecule has 104 valence electrons. The van der Waals surface area contributed by atoms with Gasteiger partial charge in [-0.2, -0.15) is 0 Å². The van der Waals surface area contributed by atoms with E-state index in [9.17, 15) is 9.90 Å². The molecule has 1 N–H and O–H groups in total. The molecule has 0 spiro atoms. The summed E-state index contributed by atoms with van der Waals surface area (Å²) in [4.78, 5) is 11.3. The van der Waals surface area contributed by atoms with Gasteiger partial charge in [0.2, 0.25) is 0 Å². The molecule has 0 amide bonds. The first-order chi connectivity index (χ1) is 9.31. The van der Waals surface area contributed by atoms with E-state index in [2.05, 4.69) is 0 Å². The van der Waals surface area contributed by atoms with E-state index in [1.807, 2.05) is 0 Å². The lowest BCUT2D eigenvalue weighted by Crippen LogP contribution is -2.00. The van der Waals surface area contributed by atoms with Gasteiger partial charge in [0.15, 0.2) is 0 Å². The Balaban J connectivity index is 2.78. The van der Waals surface area contributed by atoms with E-state index < -0.39 is 5.97 Å². The molecule has 0 saturated heterocycles. The fraction of sp³-hybridized carbons (Fsp3) is 0. The quantitative estimate of drug-likeness (QED) is 0.628. The third-order valence-corrected chi connectivity index (χ3v) is 4.35. The van der Waals surface area contributed by atoms with Gasteiger partial charge < -0.3 is 5.11 Å². The van der Waals surface area contributed by atoms with Gasteiger partial charge in [-0.05, 0) is 29.8 Å². The summed E-state index contributed by atoms with van der Waals surface area (Å²) in [7, 11) is 0. The van der Waals surface area contributed by atoms with Crippen molar-refractivity contribution in [1.82, 2.24) is 0 Å². The third kappa shape index (κ3) is 3.00. The molecule has 0 aliphatic heterocycles. The fourth-order valence-electron chi connectivity index (χ4n) is 1.68. The zero-order valence-corrected chi connectivity index (χ0v) is 13.3. The van der Waals surface area contributed by atoms with E-state index in [4.69, 9.17) is 58.0 Å². The number of carbonyl (C=O) groups is 1. The molecule has 0 atom stereocenters. The van der Waals surface area contributed by atoms with E-state index >= 15 is 0 Å². The van der Waals surface area contributed by atoms with Crippen LogP contribution in [0.15, 0.2) is 24.3 Å². The zero-order chi connectivity index (χ0) is 15.0. The van der Waals surface area contributed by atoms with Crippen molar-refractivity contribution in [2.24, 2.45) is 0 Å². The van der Waals surface area contributed by atoms with Crippen LogP contribution in [0.1, 0.15) is 10.4 Å². The predicted molar refractivity (Wildman–Crippen MR) is 83.9 cm³/mol. The Morgan fingerprint density at radius 2 is 1.15 bits per heavy atom. The Kier molecular flexibility index (Phi) is 4.73. The number of benzene rings is 2. The first-order valence-corrected chi connectivity index (χ1v) is 7.07. The van der Waals surface area contributed by atoms with E-state index in [-0.39, 0.29) is 30.7 Å². The molecular weight excluding hydrogens is 365 g/mol. The summed E-state index contributed by atoms with van der Waals surface area (Å²) in [5, 5.41) is 10.4. The Bertz CT molecular complexity index is 712. The van der Waals surface area contributed by atoms with Crippen LogP contribution < -0.4 is 0 Å². The molecule has 0 heterocycles. The minimum Gasteiger partial charge on any atom is -0.478 e. The summed E-state index contributed by atoms with van der Waals surface area (Å²) >= 11 is 29.7. The topological polar surface area (TPSA) is 37.3 Å². The van der Waals surface area contributed by atoms with Gasteiger partial charge in [-0.1, -0.05) is 58.0 Å². The van der Waals surface area contributed by atoms with Crippen LogP contribution in [0.4, 0.5) is 0 Å². The molecule has 0 radical (unpaired) electrons. The van der Waals surface area contributed by atoms with Gasteiger partial charge in [0.1, 0.15) is 0 Å². The van der Waals surface area contributed by atoms with Crippen molar-refractivity contribution >= 4 is 64.0 Å². The average Bonchev–Trinajstić information content (AvgIpc) is 2.36. The first-order valence-electron chi connectivity index (χ1n) is 5.18. The molecule has 0 aromatic heterocycles. The van der Waals surface area contributed by atoms with Crippen molar-refractivity contribution < 1.29 is 9.90 Å². The highest BCUT2D eigenvalue weighted by molar-refractivity contribution is 6.44. The molecule has 2 aromatic rings. The molecule has 7 heteroatoms. The Labute approximate surface area is 139 Å². The third-order valence-electron chi connectivity index (χ3n) is 2.59. The van der Waals surface area contributed by atoms with E-state index in [0.29, 0.717) is 11.1 Å². The van der Waals surface area contributed by atoms with Gasteiger partial charge in [-0.15, -0.1) is 0 Å². The number of hydrogen-bond acceptors (Lipinski definition) is 1. The SMILES string of the molecule is O=C(O)c1cc(Cl)c(Cl)cc1-c1cc(Cl)c(Cl)cc1Cl. The van der Waals surface area contributed by atoms with Crippen LogP contribution in [0, 0.1) is 0 Å². The molecule has 2 nitrogen and oxygen atoms in total. The van der Waals surface area contributed by atoms with Crippen LogP contribution in [0.3, 0.4) is 0 Å². The van der Waals surface area contributed by atoms with Gasteiger partial charge in [-0.25, -0.2) is 4.79 Å². The largest absolute Gasteiger partial charge is 0.478 e. The highest BCUT2D eigenvalue weighted by atomic mass is 35.5. The van der Waals surface area contributed by atoms with E-state index in [0.717, 1.165) is 0 Å². The number of carboxylic acid groups (broad SMARTS) is 1. The molecule has 2 aromatic carbocycles. The van der Waals surface area contributed by atoms with E-state index in [1.54, 1.807) is 0 Å². The van der Waals surface area contributed by atoms with Gasteiger partial charge in [0.05, 0.1) is 30.7 Å². The smallest absolute Gasteiger partial charge is 0.336 e. The standard InChI is InChI=1S/C13H5Cl5O2/c14-8-4-12(18)10(16)2-6(8)5-1-9(15)11(17)3-7(5)13(19)20/h1-4H,(H,19,20). The Morgan fingerprint density at radius 3 is 1.70 bits per heavy atom. The number of rotatable bonds is 2. The van der Waals surface area contributed by atoms with Crippen LogP contribution in [0.2, 0.25) is 25.1 Å². The van der Waals surface area contributed by atoms with Crippen molar-refractivity contribution in [1.29, 1.82) is 0 Å². The van der Waals surface area contributed by atoms with Gasteiger partial charge in [0, 0.05) is 5.56 Å². The molecule has 0 aliphatic rings. The lowest BCUT2D eigenvalue weighted by molar-refractivity contribution is 0.0698. The van der Waals surface area contributed by atoms with Crippen molar-refractivity contribution in [2.45, 2.75) is 0 Å². The maximum Gasteiger partial charge on any atom is 0.336 e. The summed E-state index contributed by atoms with van der Waals surface area (Å²) in [6.07, 6.45) is 0. The highest BCUT2D eigenvalue weighted by Crippen LogP contribution is 2.39. The number of hydrogen-bond donors (Lipinski definition) is 1. The fourth-order valence-corrected chi connectivity index (χ4v) is 2.65. The Morgan fingerprint density at radius 1 is 0.700 bits per heavy atom. The van der Waals surface area contributed by atoms with Gasteiger partial charge in [-0.3, -0.25) is 0 Å². The number of aromatic carboxylic acids is 1. The molecule has 0 fully saturated rings. The van der Waals surface area contributed by atoms with Crippen molar-refractivity contribution in [3.63, 3.8) is 0 Å². The number of carboxylic acids is 1. The molecule has 20 heavy (non-hydrogen) atoms. The number of halogens is 5. The molecule has 0 saturated carbocycles. The summed E-state index contributed by atoms with van der Waals surface area (Å²) in [6, 6.07) is 5.62. The second kappa shape index (κ2) is 6.00. The van der Waals surface area contributed by atoms with Crippen molar-refractivity contribution in [2.75, 3.05) is 0 Å². The molecule has 0 bridgehead atoms.